The molecule has 3 rings (SSSR count). The molecular weight excluding hydrogens is 456 g/mol. The first-order chi connectivity index (χ1) is 17.1. The van der Waals surface area contributed by atoms with Gasteiger partial charge in [-0.25, -0.2) is 0 Å². The highest BCUT2D eigenvalue weighted by Gasteiger charge is 2.26. The van der Waals surface area contributed by atoms with Crippen LogP contribution in [-0.4, -0.2) is 0 Å². The molecule has 3 aliphatic carbocycles. The Balaban J connectivity index is -0.0000000916. The van der Waals surface area contributed by atoms with Crippen LogP contribution in [0.5, 0.6) is 0 Å². The molecule has 38 heavy (non-hydrogen) atoms. The lowest BCUT2D eigenvalue weighted by molar-refractivity contribution is 0.182. The van der Waals surface area contributed by atoms with E-state index in [1.54, 1.807) is 64.2 Å². The molecule has 3 saturated carbocycles. The molecule has 0 unspecified atom stereocenters. The predicted molar refractivity (Wildman–Crippen MR) is 190 cm³/mol. The van der Waals surface area contributed by atoms with E-state index >= 15 is 0 Å². The summed E-state index contributed by atoms with van der Waals surface area (Å²) in [5.74, 6) is 4.45. The molecular formula is C38H90. The molecule has 0 aliphatic heterocycles. The molecule has 0 atom stereocenters. The highest BCUT2D eigenvalue weighted by atomic mass is 14.3. The zero-order valence-electron chi connectivity index (χ0n) is 27.7. The Labute approximate surface area is 250 Å². The van der Waals surface area contributed by atoms with Crippen LogP contribution >= 0.6 is 0 Å². The first-order valence-electron chi connectivity index (χ1n) is 17.1. The first kappa shape index (κ1) is 54.1. The van der Waals surface area contributed by atoms with E-state index in [9.17, 15) is 0 Å². The van der Waals surface area contributed by atoms with Crippen molar-refractivity contribution < 1.29 is 0 Å². The summed E-state index contributed by atoms with van der Waals surface area (Å²) in [4.78, 5) is 0. The van der Waals surface area contributed by atoms with Crippen LogP contribution in [0.1, 0.15) is 227 Å². The van der Waals surface area contributed by atoms with Gasteiger partial charge in [0.05, 0.1) is 0 Å². The molecule has 0 aromatic heterocycles. The number of rotatable bonds is 4. The van der Waals surface area contributed by atoms with Gasteiger partial charge in [0.15, 0.2) is 0 Å². The van der Waals surface area contributed by atoms with Crippen LogP contribution in [0.25, 0.3) is 0 Å². The SMILES string of the molecule is C.C.C.C1CCC(CC2CCC(CC3CCCCC3)CC2)CC1.CC.CC.CC.CCC.CCC.CCC. The van der Waals surface area contributed by atoms with Crippen LogP contribution in [0.15, 0.2) is 0 Å². The lowest BCUT2D eigenvalue weighted by Crippen LogP contribution is -2.21. The van der Waals surface area contributed by atoms with Gasteiger partial charge in [-0.05, 0) is 36.5 Å². The molecule has 0 aromatic rings. The number of hydrogen-bond acceptors (Lipinski definition) is 0. The monoisotopic (exact) mass is 547 g/mol. The average Bonchev–Trinajstić information content (AvgIpc) is 2.91. The molecule has 242 valence electrons. The second-order valence-corrected chi connectivity index (χ2v) is 10.5. The Morgan fingerprint density at radius 3 is 0.658 bits per heavy atom. The third-order valence-electron chi connectivity index (χ3n) is 6.75. The summed E-state index contributed by atoms with van der Waals surface area (Å²) < 4.78 is 0. The Morgan fingerprint density at radius 2 is 0.474 bits per heavy atom. The topological polar surface area (TPSA) is 0 Å². The average molecular weight is 547 g/mol. The van der Waals surface area contributed by atoms with Crippen LogP contribution < -0.4 is 0 Å². The molecule has 0 aromatic carbocycles. The smallest absolute Gasteiger partial charge is 0.0411 e. The molecule has 0 nitrogen and oxygen atoms in total. The van der Waals surface area contributed by atoms with Gasteiger partial charge < -0.3 is 0 Å². The molecule has 0 amide bonds. The maximum absolute atomic E-state index is 2.12. The number of hydrogen-bond donors (Lipinski definition) is 0. The summed E-state index contributed by atoms with van der Waals surface area (Å²) in [6.07, 6.45) is 28.6. The van der Waals surface area contributed by atoms with Crippen LogP contribution in [-0.2, 0) is 0 Å². The van der Waals surface area contributed by atoms with Crippen LogP contribution in [0.4, 0.5) is 0 Å². The summed E-state index contributed by atoms with van der Waals surface area (Å²) in [6, 6.07) is 0. The van der Waals surface area contributed by atoms with Crippen molar-refractivity contribution in [3.8, 4) is 0 Å². The standard InChI is InChI=1S/C20H36.3C3H8.3C2H6.3CH4/c1-3-7-17(8-4-1)15-19-11-13-20(14-12-19)16-18-9-5-2-6-10-18;3*1-3-2;3*1-2;;;/h17-20H,1-16H2;3*3H2,1-2H3;3*1-2H3;3*1H4. The summed E-state index contributed by atoms with van der Waals surface area (Å²) in [7, 11) is 0. The summed E-state index contributed by atoms with van der Waals surface area (Å²) in [5.41, 5.74) is 0. The van der Waals surface area contributed by atoms with Gasteiger partial charge >= 0.3 is 0 Å². The van der Waals surface area contributed by atoms with E-state index in [1.165, 1.54) is 57.8 Å². The van der Waals surface area contributed by atoms with Crippen molar-refractivity contribution in [3.63, 3.8) is 0 Å². The fourth-order valence-electron chi connectivity index (χ4n) is 5.49. The predicted octanol–water partition coefficient (Wildman–Crippen LogP) is 16.0. The zero-order valence-corrected chi connectivity index (χ0v) is 27.7. The lowest BCUT2D eigenvalue weighted by atomic mass is 9.72. The summed E-state index contributed by atoms with van der Waals surface area (Å²) in [6.45, 7) is 24.8. The van der Waals surface area contributed by atoms with E-state index in [4.69, 9.17) is 0 Å². The highest BCUT2D eigenvalue weighted by molar-refractivity contribution is 4.79. The Hall–Kier alpha value is 0. The summed E-state index contributed by atoms with van der Waals surface area (Å²) in [5, 5.41) is 0. The van der Waals surface area contributed by atoms with Crippen molar-refractivity contribution in [2.75, 3.05) is 0 Å². The Bertz CT molecular complexity index is 254. The van der Waals surface area contributed by atoms with Crippen LogP contribution in [0.3, 0.4) is 0 Å². The second kappa shape index (κ2) is 49.9. The van der Waals surface area contributed by atoms with Gasteiger partial charge in [0.25, 0.3) is 0 Å². The van der Waals surface area contributed by atoms with Crippen molar-refractivity contribution in [2.45, 2.75) is 227 Å². The molecule has 0 heterocycles. The molecule has 0 bridgehead atoms. The van der Waals surface area contributed by atoms with E-state index < -0.39 is 0 Å². The Morgan fingerprint density at radius 1 is 0.316 bits per heavy atom. The Kier molecular flexibility index (Phi) is 71.1. The van der Waals surface area contributed by atoms with Gasteiger partial charge in [0, 0.05) is 0 Å². The van der Waals surface area contributed by atoms with Crippen LogP contribution in [0.2, 0.25) is 0 Å². The van der Waals surface area contributed by atoms with Gasteiger partial charge in [-0.15, -0.1) is 0 Å². The molecule has 0 N–H and O–H groups in total. The molecule has 3 fully saturated rings. The minimum Gasteiger partial charge on any atom is -0.0776 e. The van der Waals surface area contributed by atoms with E-state index in [2.05, 4.69) is 41.5 Å². The van der Waals surface area contributed by atoms with Gasteiger partial charge in [-0.1, -0.05) is 215 Å². The zero-order chi connectivity index (χ0) is 27.7. The minimum atomic E-state index is 0. The van der Waals surface area contributed by atoms with E-state index in [0.29, 0.717) is 0 Å². The maximum Gasteiger partial charge on any atom is -0.0411 e. The molecule has 0 heteroatoms. The maximum atomic E-state index is 2.12. The molecule has 0 spiro atoms. The highest BCUT2D eigenvalue weighted by Crippen LogP contribution is 2.40. The van der Waals surface area contributed by atoms with Gasteiger partial charge in [-0.3, -0.25) is 0 Å². The van der Waals surface area contributed by atoms with E-state index in [1.807, 2.05) is 41.5 Å². The second-order valence-electron chi connectivity index (χ2n) is 10.5. The minimum absolute atomic E-state index is 0. The fourth-order valence-corrected chi connectivity index (χ4v) is 5.49. The van der Waals surface area contributed by atoms with Crippen molar-refractivity contribution in [1.29, 1.82) is 0 Å². The van der Waals surface area contributed by atoms with Crippen molar-refractivity contribution in [3.05, 3.63) is 0 Å². The molecule has 0 saturated heterocycles. The van der Waals surface area contributed by atoms with E-state index in [-0.39, 0.29) is 22.3 Å². The van der Waals surface area contributed by atoms with E-state index in [0.717, 1.165) is 23.7 Å². The van der Waals surface area contributed by atoms with Gasteiger partial charge in [0.2, 0.25) is 0 Å². The van der Waals surface area contributed by atoms with Crippen molar-refractivity contribution in [2.24, 2.45) is 23.7 Å². The lowest BCUT2D eigenvalue weighted by Gasteiger charge is -2.34. The fraction of sp³-hybridized carbons (Fsp3) is 1.00. The largest absolute Gasteiger partial charge is 0.0776 e. The first-order valence-corrected chi connectivity index (χ1v) is 17.1. The molecule has 3 aliphatic rings. The van der Waals surface area contributed by atoms with Crippen LogP contribution in [0, 0.1) is 23.7 Å². The quantitative estimate of drug-likeness (QED) is 0.329. The normalized spacial score (nSPS) is 19.9. The van der Waals surface area contributed by atoms with Crippen molar-refractivity contribution in [1.82, 2.24) is 0 Å². The van der Waals surface area contributed by atoms with Gasteiger partial charge in [0.1, 0.15) is 0 Å². The van der Waals surface area contributed by atoms with Gasteiger partial charge in [-0.2, -0.15) is 0 Å². The molecule has 0 radical (unpaired) electrons. The van der Waals surface area contributed by atoms with Crippen molar-refractivity contribution >= 4 is 0 Å². The third-order valence-corrected chi connectivity index (χ3v) is 6.75. The summed E-state index contributed by atoms with van der Waals surface area (Å²) >= 11 is 0. The third kappa shape index (κ3) is 38.1.